The summed E-state index contributed by atoms with van der Waals surface area (Å²) in [6.07, 6.45) is 1.56. The molecular formula is C27H30N4O6. The zero-order valence-corrected chi connectivity index (χ0v) is 20.5. The summed E-state index contributed by atoms with van der Waals surface area (Å²) in [5.74, 6) is -0.0434. The topological polar surface area (TPSA) is 109 Å². The number of nitrogens with zero attached hydrogens (tertiary/aromatic N) is 4. The normalized spacial score (nSPS) is 13.7. The van der Waals surface area contributed by atoms with Crippen LogP contribution in [0.1, 0.15) is 21.7 Å². The molecule has 0 bridgehead atoms. The number of morpholine rings is 1. The van der Waals surface area contributed by atoms with Crippen molar-refractivity contribution >= 4 is 17.5 Å². The van der Waals surface area contributed by atoms with Crippen molar-refractivity contribution in [1.82, 2.24) is 14.7 Å². The first kappa shape index (κ1) is 26.1. The van der Waals surface area contributed by atoms with Crippen LogP contribution in [0.3, 0.4) is 0 Å². The average Bonchev–Trinajstić information content (AvgIpc) is 3.44. The third kappa shape index (κ3) is 7.48. The fourth-order valence-electron chi connectivity index (χ4n) is 4.16. The highest BCUT2D eigenvalue weighted by Gasteiger charge is 2.25. The predicted octanol–water partition coefficient (Wildman–Crippen LogP) is 3.19. The molecule has 1 aromatic heterocycles. The lowest BCUT2D eigenvalue weighted by atomic mass is 10.1. The van der Waals surface area contributed by atoms with E-state index in [1.807, 2.05) is 30.3 Å². The van der Waals surface area contributed by atoms with Crippen LogP contribution in [0, 0.1) is 10.1 Å². The molecule has 1 saturated heterocycles. The zero-order valence-electron chi connectivity index (χ0n) is 20.5. The van der Waals surface area contributed by atoms with Gasteiger partial charge in [-0.15, -0.1) is 0 Å². The number of non-ortho nitro benzene ring substituents is 1. The maximum Gasteiger partial charge on any atom is 0.270 e. The van der Waals surface area contributed by atoms with Gasteiger partial charge in [-0.1, -0.05) is 36.4 Å². The minimum absolute atomic E-state index is 0.167. The number of carbonyl (C=O) groups excluding carboxylic acids is 2. The monoisotopic (exact) mass is 506 g/mol. The maximum absolute atomic E-state index is 13.6. The Labute approximate surface area is 215 Å². The molecule has 0 radical (unpaired) electrons. The molecule has 3 aromatic rings. The summed E-state index contributed by atoms with van der Waals surface area (Å²) in [6, 6.07) is 18.8. The fraction of sp³-hybridized carbons (Fsp3) is 0.333. The first-order valence-corrected chi connectivity index (χ1v) is 12.2. The Hall–Kier alpha value is -4.02. The van der Waals surface area contributed by atoms with Gasteiger partial charge >= 0.3 is 0 Å². The molecular weight excluding hydrogens is 476 g/mol. The van der Waals surface area contributed by atoms with Gasteiger partial charge in [-0.3, -0.25) is 24.6 Å². The van der Waals surface area contributed by atoms with E-state index < -0.39 is 10.8 Å². The molecule has 2 amide bonds. The molecule has 10 heteroatoms. The number of hydrogen-bond donors (Lipinski definition) is 0. The van der Waals surface area contributed by atoms with Gasteiger partial charge in [0.2, 0.25) is 5.91 Å². The van der Waals surface area contributed by atoms with E-state index in [9.17, 15) is 19.7 Å². The van der Waals surface area contributed by atoms with Crippen molar-refractivity contribution < 1.29 is 23.7 Å². The van der Waals surface area contributed by atoms with Crippen molar-refractivity contribution in [2.45, 2.75) is 13.1 Å². The second-order valence-corrected chi connectivity index (χ2v) is 8.80. The standard InChI is InChI=1S/C27H30N4O6/c32-26(30(20-25-10-5-15-37-25)19-22-6-2-1-3-7-22)21-29(12-11-28-13-16-36-17-14-28)27(33)23-8-4-9-24(18-23)31(34)35/h1-10,15,18H,11-14,16-17,19-21H2. The van der Waals surface area contributed by atoms with E-state index in [0.717, 1.165) is 18.7 Å². The Bertz CT molecular complexity index is 1180. The lowest BCUT2D eigenvalue weighted by Gasteiger charge is -2.31. The van der Waals surface area contributed by atoms with E-state index in [1.54, 1.807) is 23.3 Å². The van der Waals surface area contributed by atoms with Crippen molar-refractivity contribution in [1.29, 1.82) is 0 Å². The van der Waals surface area contributed by atoms with Gasteiger partial charge in [0.15, 0.2) is 0 Å². The van der Waals surface area contributed by atoms with Crippen molar-refractivity contribution in [2.24, 2.45) is 0 Å². The first-order valence-electron chi connectivity index (χ1n) is 12.2. The SMILES string of the molecule is O=C(CN(CCN1CCOCC1)C(=O)c1cccc([N+](=O)[O-])c1)N(Cc1ccccc1)Cc1ccco1. The van der Waals surface area contributed by atoms with Crippen molar-refractivity contribution in [3.05, 3.63) is 100.0 Å². The van der Waals surface area contributed by atoms with Crippen molar-refractivity contribution in [2.75, 3.05) is 45.9 Å². The van der Waals surface area contributed by atoms with Crippen LogP contribution in [0.15, 0.2) is 77.4 Å². The van der Waals surface area contributed by atoms with E-state index in [2.05, 4.69) is 4.90 Å². The van der Waals surface area contributed by atoms with Gasteiger partial charge in [-0.05, 0) is 23.8 Å². The van der Waals surface area contributed by atoms with Crippen LogP contribution in [0.25, 0.3) is 0 Å². The summed E-state index contributed by atoms with van der Waals surface area (Å²) in [4.78, 5) is 43.1. The summed E-state index contributed by atoms with van der Waals surface area (Å²) < 4.78 is 10.9. The molecule has 2 heterocycles. The van der Waals surface area contributed by atoms with Crippen LogP contribution in [-0.4, -0.2) is 77.4 Å². The number of hydrogen-bond acceptors (Lipinski definition) is 7. The minimum Gasteiger partial charge on any atom is -0.467 e. The average molecular weight is 507 g/mol. The number of nitro benzene ring substituents is 1. The van der Waals surface area contributed by atoms with Gasteiger partial charge in [0.1, 0.15) is 12.3 Å². The van der Waals surface area contributed by atoms with Gasteiger partial charge in [-0.2, -0.15) is 0 Å². The second kappa shape index (κ2) is 12.8. The lowest BCUT2D eigenvalue weighted by Crippen LogP contribution is -2.47. The summed E-state index contributed by atoms with van der Waals surface area (Å²) >= 11 is 0. The molecule has 0 unspecified atom stereocenters. The second-order valence-electron chi connectivity index (χ2n) is 8.80. The van der Waals surface area contributed by atoms with Crippen molar-refractivity contribution in [3.8, 4) is 0 Å². The molecule has 0 aliphatic carbocycles. The molecule has 37 heavy (non-hydrogen) atoms. The van der Waals surface area contributed by atoms with Gasteiger partial charge < -0.3 is 19.0 Å². The van der Waals surface area contributed by atoms with E-state index in [1.165, 1.54) is 29.2 Å². The summed E-state index contributed by atoms with van der Waals surface area (Å²) in [6.45, 7) is 4.01. The summed E-state index contributed by atoms with van der Waals surface area (Å²) in [5.41, 5.74) is 0.950. The third-order valence-electron chi connectivity index (χ3n) is 6.20. The Morgan fingerprint density at radius 2 is 1.73 bits per heavy atom. The van der Waals surface area contributed by atoms with Crippen LogP contribution in [0.4, 0.5) is 5.69 Å². The molecule has 1 aliphatic heterocycles. The quantitative estimate of drug-likeness (QED) is 0.290. The highest BCUT2D eigenvalue weighted by molar-refractivity contribution is 5.97. The van der Waals surface area contributed by atoms with E-state index >= 15 is 0 Å². The highest BCUT2D eigenvalue weighted by atomic mass is 16.6. The molecule has 0 atom stereocenters. The van der Waals surface area contributed by atoms with Crippen molar-refractivity contribution in [3.63, 3.8) is 0 Å². The Balaban J connectivity index is 1.54. The number of amides is 2. The Morgan fingerprint density at radius 3 is 2.43 bits per heavy atom. The molecule has 10 nitrogen and oxygen atoms in total. The van der Waals surface area contributed by atoms with Crippen LogP contribution in [-0.2, 0) is 22.6 Å². The number of benzene rings is 2. The largest absolute Gasteiger partial charge is 0.467 e. The molecule has 194 valence electrons. The van der Waals surface area contributed by atoms with Crippen LogP contribution >= 0.6 is 0 Å². The number of rotatable bonds is 11. The minimum atomic E-state index is -0.537. The number of carbonyl (C=O) groups is 2. The summed E-state index contributed by atoms with van der Waals surface area (Å²) in [7, 11) is 0. The molecule has 4 rings (SSSR count). The van der Waals surface area contributed by atoms with Crippen LogP contribution < -0.4 is 0 Å². The molecule has 0 saturated carbocycles. The first-order chi connectivity index (χ1) is 18.0. The van der Waals surface area contributed by atoms with Gasteiger partial charge in [0, 0.05) is 50.4 Å². The highest BCUT2D eigenvalue weighted by Crippen LogP contribution is 2.17. The van der Waals surface area contributed by atoms with Crippen LogP contribution in [0.5, 0.6) is 0 Å². The van der Waals surface area contributed by atoms with Gasteiger partial charge in [0.25, 0.3) is 11.6 Å². The van der Waals surface area contributed by atoms with E-state index in [4.69, 9.17) is 9.15 Å². The molecule has 2 aromatic carbocycles. The van der Waals surface area contributed by atoms with Crippen LogP contribution in [0.2, 0.25) is 0 Å². The summed E-state index contributed by atoms with van der Waals surface area (Å²) in [5, 5.41) is 11.3. The molecule has 1 aliphatic rings. The number of furan rings is 1. The smallest absolute Gasteiger partial charge is 0.270 e. The Kier molecular flexibility index (Phi) is 9.01. The molecule has 1 fully saturated rings. The number of nitro groups is 1. The van der Waals surface area contributed by atoms with E-state index in [0.29, 0.717) is 38.6 Å². The molecule has 0 spiro atoms. The predicted molar refractivity (Wildman–Crippen MR) is 136 cm³/mol. The zero-order chi connectivity index (χ0) is 26.0. The van der Waals surface area contributed by atoms with Gasteiger partial charge in [-0.25, -0.2) is 0 Å². The Morgan fingerprint density at radius 1 is 0.946 bits per heavy atom. The molecule has 0 N–H and O–H groups in total. The lowest BCUT2D eigenvalue weighted by molar-refractivity contribution is -0.384. The third-order valence-corrected chi connectivity index (χ3v) is 6.20. The van der Waals surface area contributed by atoms with Gasteiger partial charge in [0.05, 0.1) is 30.9 Å². The fourth-order valence-corrected chi connectivity index (χ4v) is 4.16. The number of ether oxygens (including phenoxy) is 1. The van der Waals surface area contributed by atoms with E-state index in [-0.39, 0.29) is 30.2 Å². The maximum atomic E-state index is 13.6.